The van der Waals surface area contributed by atoms with Crippen LogP contribution in [0.2, 0.25) is 0 Å². The number of benzene rings is 4. The standard InChI is InChI=1S/C47H42N4O13S2/c52-43(30-9-5-8-28(22-30)23-37-35-12-3-1-10-33(35)34-11-2-4-13-36(34)37)48-27-40(46(54)55)49-44(53)31-15-17-41-39(25-31)50-45(63-41)38-24-29-14-16-32(26-42(29)64-47(38)56)51(18-6-20-65(57,58)59)19-7-21-66(60,61)62/h1-5,8-17,22-26,39-41H,6-7,18-21,27H2,(H,48,52)(H,49,53)(H,54,55)(H,57,58,59)(H,60,61,62). The number of hydrogen-bond acceptors (Lipinski definition) is 12. The van der Waals surface area contributed by atoms with E-state index in [4.69, 9.17) is 9.15 Å². The summed E-state index contributed by atoms with van der Waals surface area (Å²) in [5.41, 5.74) is 6.32. The number of fused-ring (bicyclic) bond motifs is 5. The Labute approximate surface area is 378 Å². The van der Waals surface area contributed by atoms with Gasteiger partial charge in [0.25, 0.3) is 32.1 Å². The molecule has 0 fully saturated rings. The highest BCUT2D eigenvalue weighted by Crippen LogP contribution is 2.44. The van der Waals surface area contributed by atoms with Crippen molar-refractivity contribution in [1.29, 1.82) is 0 Å². The zero-order valence-electron chi connectivity index (χ0n) is 34.9. The van der Waals surface area contributed by atoms with Crippen molar-refractivity contribution in [2.75, 3.05) is 36.0 Å². The molecule has 3 atom stereocenters. The van der Waals surface area contributed by atoms with Crippen LogP contribution < -0.4 is 21.2 Å². The minimum Gasteiger partial charge on any atom is -0.480 e. The first-order valence-corrected chi connectivity index (χ1v) is 23.9. The summed E-state index contributed by atoms with van der Waals surface area (Å²) in [6, 6.07) is 27.1. The average Bonchev–Trinajstić information content (AvgIpc) is 3.84. The van der Waals surface area contributed by atoms with E-state index >= 15 is 0 Å². The van der Waals surface area contributed by atoms with Gasteiger partial charge in [-0.25, -0.2) is 14.6 Å². The topological polar surface area (TPSA) is 259 Å². The molecule has 0 saturated heterocycles. The number of anilines is 1. The minimum absolute atomic E-state index is 0.00210. The fourth-order valence-corrected chi connectivity index (χ4v) is 9.01. The van der Waals surface area contributed by atoms with Gasteiger partial charge < -0.3 is 29.8 Å². The van der Waals surface area contributed by atoms with Gasteiger partial charge >= 0.3 is 11.6 Å². The first-order valence-electron chi connectivity index (χ1n) is 20.7. The lowest BCUT2D eigenvalue weighted by molar-refractivity contribution is -0.141. The molecule has 66 heavy (non-hydrogen) atoms. The summed E-state index contributed by atoms with van der Waals surface area (Å²) in [5, 5.41) is 15.5. The third-order valence-corrected chi connectivity index (χ3v) is 12.8. The van der Waals surface area contributed by atoms with Gasteiger partial charge in [0.05, 0.1) is 11.5 Å². The summed E-state index contributed by atoms with van der Waals surface area (Å²) in [4.78, 5) is 58.4. The second-order valence-corrected chi connectivity index (χ2v) is 18.9. The van der Waals surface area contributed by atoms with E-state index in [-0.39, 0.29) is 48.5 Å². The molecule has 1 aliphatic heterocycles. The molecular weight excluding hydrogens is 893 g/mol. The van der Waals surface area contributed by atoms with Gasteiger partial charge in [0.1, 0.15) is 29.3 Å². The monoisotopic (exact) mass is 934 g/mol. The minimum atomic E-state index is -4.26. The van der Waals surface area contributed by atoms with E-state index in [1.807, 2.05) is 36.4 Å². The molecule has 8 rings (SSSR count). The van der Waals surface area contributed by atoms with Gasteiger partial charge in [-0.3, -0.25) is 18.7 Å². The number of rotatable bonds is 17. The van der Waals surface area contributed by atoms with Crippen LogP contribution in [0.25, 0.3) is 33.7 Å². The first kappa shape index (κ1) is 45.4. The van der Waals surface area contributed by atoms with Crippen molar-refractivity contribution in [3.8, 4) is 11.1 Å². The van der Waals surface area contributed by atoms with Crippen LogP contribution in [0.1, 0.15) is 45.5 Å². The Morgan fingerprint density at radius 2 is 1.44 bits per heavy atom. The maximum atomic E-state index is 13.4. The number of hydrogen-bond donors (Lipinski definition) is 5. The maximum absolute atomic E-state index is 13.4. The van der Waals surface area contributed by atoms with Crippen molar-refractivity contribution < 1.29 is 54.6 Å². The smallest absolute Gasteiger partial charge is 0.349 e. The van der Waals surface area contributed by atoms with Crippen molar-refractivity contribution in [1.82, 2.24) is 10.6 Å². The number of aliphatic imine (C=N–C) groups is 1. The highest BCUT2D eigenvalue weighted by molar-refractivity contribution is 7.86. The van der Waals surface area contributed by atoms with E-state index in [1.165, 1.54) is 24.3 Å². The van der Waals surface area contributed by atoms with Crippen LogP contribution in [-0.2, 0) is 34.6 Å². The molecule has 3 aliphatic rings. The second kappa shape index (κ2) is 18.7. The van der Waals surface area contributed by atoms with E-state index in [2.05, 4.69) is 39.9 Å². The van der Waals surface area contributed by atoms with Gasteiger partial charge in [-0.2, -0.15) is 16.8 Å². The Balaban J connectivity index is 0.918. The number of aliphatic carboxylic acids is 1. The molecule has 2 amide bonds. The van der Waals surface area contributed by atoms with E-state index in [0.717, 1.165) is 33.4 Å². The molecule has 2 heterocycles. The van der Waals surface area contributed by atoms with Gasteiger partial charge in [0.15, 0.2) is 0 Å². The zero-order chi connectivity index (χ0) is 46.8. The molecule has 3 unspecified atom stereocenters. The molecule has 0 radical (unpaired) electrons. The van der Waals surface area contributed by atoms with Crippen LogP contribution in [0.15, 0.2) is 135 Å². The van der Waals surface area contributed by atoms with Crippen molar-refractivity contribution in [2.24, 2.45) is 4.99 Å². The Morgan fingerprint density at radius 3 is 2.08 bits per heavy atom. The van der Waals surface area contributed by atoms with Crippen molar-refractivity contribution in [2.45, 2.75) is 31.0 Å². The van der Waals surface area contributed by atoms with E-state index < -0.39 is 79.9 Å². The predicted octanol–water partition coefficient (Wildman–Crippen LogP) is 4.73. The van der Waals surface area contributed by atoms with Crippen molar-refractivity contribution in [3.05, 3.63) is 159 Å². The molecule has 5 N–H and O–H groups in total. The Bertz CT molecular complexity index is 3110. The molecule has 5 aromatic rings. The lowest BCUT2D eigenvalue weighted by Crippen LogP contribution is -2.49. The van der Waals surface area contributed by atoms with E-state index in [9.17, 15) is 50.2 Å². The lowest BCUT2D eigenvalue weighted by Gasteiger charge is -2.24. The number of amides is 2. The van der Waals surface area contributed by atoms with Gasteiger partial charge in [0, 0.05) is 47.9 Å². The van der Waals surface area contributed by atoms with Crippen LogP contribution in [0, 0.1) is 0 Å². The number of carbonyl (C=O) groups is 3. The molecule has 0 saturated carbocycles. The molecule has 4 aromatic carbocycles. The van der Waals surface area contributed by atoms with Gasteiger partial charge in [-0.15, -0.1) is 0 Å². The summed E-state index contributed by atoms with van der Waals surface area (Å²) in [5.74, 6) is -3.79. The highest BCUT2D eigenvalue weighted by Gasteiger charge is 2.34. The summed E-state index contributed by atoms with van der Waals surface area (Å²) in [6.45, 7) is -0.246. The fraction of sp³-hybridized carbons (Fsp3) is 0.213. The number of ether oxygens (including phenoxy) is 1. The summed E-state index contributed by atoms with van der Waals surface area (Å²) in [7, 11) is -8.52. The molecular formula is C47H42N4O13S2. The van der Waals surface area contributed by atoms with E-state index in [0.29, 0.717) is 16.6 Å². The van der Waals surface area contributed by atoms with Gasteiger partial charge in [-0.05, 0) is 101 Å². The number of carboxylic acids is 1. The zero-order valence-corrected chi connectivity index (χ0v) is 36.5. The van der Waals surface area contributed by atoms with Crippen LogP contribution in [0.3, 0.4) is 0 Å². The molecule has 2 aliphatic carbocycles. The van der Waals surface area contributed by atoms with Crippen LogP contribution in [0.4, 0.5) is 5.69 Å². The fourth-order valence-electron chi connectivity index (χ4n) is 8.02. The second-order valence-electron chi connectivity index (χ2n) is 15.8. The van der Waals surface area contributed by atoms with Crippen LogP contribution >= 0.6 is 0 Å². The molecule has 0 spiro atoms. The van der Waals surface area contributed by atoms with Gasteiger partial charge in [0.2, 0.25) is 5.90 Å². The SMILES string of the molecule is O=C(NC(CNC(=O)c1cccc(C=C2c3ccccc3-c3ccccc32)c1)C(=O)O)C1=CC2N=C(c3cc4ccc(N(CCCS(=O)(=O)O)CCCS(=O)(=O)O)cc4oc3=O)OC2C=C1. The normalized spacial score (nSPS) is 16.5. The van der Waals surface area contributed by atoms with Gasteiger partial charge in [-0.1, -0.05) is 60.7 Å². The Kier molecular flexibility index (Phi) is 12.9. The third-order valence-electron chi connectivity index (χ3n) is 11.2. The molecule has 340 valence electrons. The highest BCUT2D eigenvalue weighted by atomic mass is 32.2. The molecule has 0 bridgehead atoms. The quantitative estimate of drug-likeness (QED) is 0.0612. The number of nitrogens with one attached hydrogen (secondary N) is 2. The van der Waals surface area contributed by atoms with Crippen LogP contribution in [-0.4, -0.2) is 104 Å². The number of carbonyl (C=O) groups excluding carboxylic acids is 2. The maximum Gasteiger partial charge on any atom is 0.349 e. The number of nitrogens with zero attached hydrogens (tertiary/aromatic N) is 2. The first-order chi connectivity index (χ1) is 31.5. The van der Waals surface area contributed by atoms with Crippen molar-refractivity contribution >= 4 is 72.2 Å². The van der Waals surface area contributed by atoms with Crippen LogP contribution in [0.5, 0.6) is 0 Å². The van der Waals surface area contributed by atoms with Crippen molar-refractivity contribution in [3.63, 3.8) is 0 Å². The number of carboxylic acid groups (broad SMARTS) is 1. The summed E-state index contributed by atoms with van der Waals surface area (Å²) < 4.78 is 75.1. The summed E-state index contributed by atoms with van der Waals surface area (Å²) >= 11 is 0. The lowest BCUT2D eigenvalue weighted by atomic mass is 10.00. The average molecular weight is 935 g/mol. The molecule has 19 heteroatoms. The Morgan fingerprint density at radius 1 is 0.788 bits per heavy atom. The summed E-state index contributed by atoms with van der Waals surface area (Å²) in [6.07, 6.45) is 5.76. The third kappa shape index (κ3) is 10.5. The molecule has 17 nitrogen and oxygen atoms in total. The van der Waals surface area contributed by atoms with E-state index in [1.54, 1.807) is 41.3 Å². The predicted molar refractivity (Wildman–Crippen MR) is 246 cm³/mol. The molecule has 1 aromatic heterocycles. The Hall–Kier alpha value is -7.19. The largest absolute Gasteiger partial charge is 0.480 e.